The standard InChI is InChI=1S/C20H22FN5O4/c1-3-29-20(30-4-2)13-25-19(11-17(24-25)14-6-5-9-22-12-14)23-18-10-15(26(27)28)7-8-16(18)21/h5-12,20,23H,3-4,13H2,1-2H3. The van der Waals surface area contributed by atoms with Crippen molar-refractivity contribution in [1.82, 2.24) is 14.8 Å². The monoisotopic (exact) mass is 415 g/mol. The zero-order valence-corrected chi connectivity index (χ0v) is 16.6. The summed E-state index contributed by atoms with van der Waals surface area (Å²) in [5.74, 6) is -0.194. The number of aromatic nitrogens is 3. The SMILES string of the molecule is CCOC(Cn1nc(-c2cccnc2)cc1Nc1cc([N+](=O)[O-])ccc1F)OCC. The van der Waals surface area contributed by atoms with Crippen LogP contribution in [0.15, 0.2) is 48.8 Å². The smallest absolute Gasteiger partial charge is 0.271 e. The van der Waals surface area contributed by atoms with Gasteiger partial charge in [0.1, 0.15) is 11.6 Å². The van der Waals surface area contributed by atoms with Crippen LogP contribution >= 0.6 is 0 Å². The zero-order valence-electron chi connectivity index (χ0n) is 16.6. The summed E-state index contributed by atoms with van der Waals surface area (Å²) in [4.78, 5) is 14.6. The van der Waals surface area contributed by atoms with E-state index in [1.54, 1.807) is 29.2 Å². The summed E-state index contributed by atoms with van der Waals surface area (Å²) in [6, 6.07) is 8.64. The number of halogens is 1. The largest absolute Gasteiger partial charge is 0.351 e. The third-order valence-electron chi connectivity index (χ3n) is 4.19. The van der Waals surface area contributed by atoms with Gasteiger partial charge < -0.3 is 14.8 Å². The van der Waals surface area contributed by atoms with Crippen molar-refractivity contribution >= 4 is 17.2 Å². The van der Waals surface area contributed by atoms with E-state index in [0.29, 0.717) is 24.7 Å². The normalized spacial score (nSPS) is 11.1. The van der Waals surface area contributed by atoms with Gasteiger partial charge in [0.2, 0.25) is 0 Å². The van der Waals surface area contributed by atoms with E-state index in [9.17, 15) is 14.5 Å². The maximum Gasteiger partial charge on any atom is 0.271 e. The first-order valence-electron chi connectivity index (χ1n) is 9.44. The van der Waals surface area contributed by atoms with Crippen LogP contribution in [0.1, 0.15) is 13.8 Å². The molecule has 0 saturated heterocycles. The van der Waals surface area contributed by atoms with Crippen molar-refractivity contribution in [3.05, 3.63) is 64.7 Å². The lowest BCUT2D eigenvalue weighted by atomic mass is 10.2. The maximum atomic E-state index is 14.3. The fourth-order valence-corrected chi connectivity index (χ4v) is 2.84. The number of nitro groups is 1. The van der Waals surface area contributed by atoms with Gasteiger partial charge in [0.25, 0.3) is 5.69 Å². The molecule has 0 atom stereocenters. The van der Waals surface area contributed by atoms with Crippen LogP contribution in [0.5, 0.6) is 0 Å². The number of pyridine rings is 1. The van der Waals surface area contributed by atoms with E-state index in [0.717, 1.165) is 23.8 Å². The highest BCUT2D eigenvalue weighted by Gasteiger charge is 2.18. The Kier molecular flexibility index (Phi) is 7.04. The number of nitrogens with zero attached hydrogens (tertiary/aromatic N) is 4. The summed E-state index contributed by atoms with van der Waals surface area (Å²) >= 11 is 0. The molecule has 1 N–H and O–H groups in total. The molecule has 3 rings (SSSR count). The molecule has 0 aliphatic rings. The van der Waals surface area contributed by atoms with Gasteiger partial charge in [0, 0.05) is 49.4 Å². The first kappa shape index (κ1) is 21.3. The van der Waals surface area contributed by atoms with Gasteiger partial charge in [-0.2, -0.15) is 5.10 Å². The number of hydrogen-bond donors (Lipinski definition) is 1. The third kappa shape index (κ3) is 5.16. The minimum Gasteiger partial charge on any atom is -0.351 e. The number of rotatable bonds is 10. The second-order valence-electron chi connectivity index (χ2n) is 6.23. The van der Waals surface area contributed by atoms with E-state index in [2.05, 4.69) is 15.4 Å². The van der Waals surface area contributed by atoms with Gasteiger partial charge in [0.15, 0.2) is 6.29 Å². The molecule has 9 nitrogen and oxygen atoms in total. The van der Waals surface area contributed by atoms with E-state index >= 15 is 0 Å². The minimum atomic E-state index is -0.623. The van der Waals surface area contributed by atoms with Crippen molar-refractivity contribution in [3.63, 3.8) is 0 Å². The summed E-state index contributed by atoms with van der Waals surface area (Å²) in [5.41, 5.74) is 1.11. The Labute approximate surface area is 172 Å². The first-order valence-corrected chi connectivity index (χ1v) is 9.44. The van der Waals surface area contributed by atoms with Crippen LogP contribution in [0, 0.1) is 15.9 Å². The lowest BCUT2D eigenvalue weighted by molar-refractivity contribution is -0.384. The van der Waals surface area contributed by atoms with Crippen molar-refractivity contribution in [2.75, 3.05) is 18.5 Å². The molecular formula is C20H22FN5O4. The van der Waals surface area contributed by atoms with E-state index in [1.807, 2.05) is 19.9 Å². The Morgan fingerprint density at radius 3 is 2.63 bits per heavy atom. The highest BCUT2D eigenvalue weighted by atomic mass is 19.1. The zero-order chi connectivity index (χ0) is 21.5. The summed E-state index contributed by atoms with van der Waals surface area (Å²) < 4.78 is 27.1. The predicted octanol–water partition coefficient (Wildman–Crippen LogP) is 4.14. The number of anilines is 2. The van der Waals surface area contributed by atoms with Crippen LogP contribution in [-0.2, 0) is 16.0 Å². The summed E-state index contributed by atoms with van der Waals surface area (Å²) in [6.45, 7) is 4.84. The second kappa shape index (κ2) is 9.90. The average Bonchev–Trinajstić information content (AvgIpc) is 3.13. The molecule has 0 radical (unpaired) electrons. The lowest BCUT2D eigenvalue weighted by Crippen LogP contribution is -2.25. The number of nitro benzene ring substituents is 1. The molecule has 0 aliphatic carbocycles. The molecule has 0 fully saturated rings. The molecule has 0 saturated carbocycles. The summed E-state index contributed by atoms with van der Waals surface area (Å²) in [6.07, 6.45) is 2.75. The molecule has 0 amide bonds. The topological polar surface area (TPSA) is 104 Å². The molecule has 0 spiro atoms. The summed E-state index contributed by atoms with van der Waals surface area (Å²) in [5, 5.41) is 18.5. The van der Waals surface area contributed by atoms with Gasteiger partial charge in [-0.05, 0) is 32.0 Å². The molecule has 10 heteroatoms. The molecule has 2 heterocycles. The van der Waals surface area contributed by atoms with Crippen LogP contribution in [0.4, 0.5) is 21.6 Å². The van der Waals surface area contributed by atoms with Crippen LogP contribution < -0.4 is 5.32 Å². The molecule has 1 aromatic carbocycles. The second-order valence-corrected chi connectivity index (χ2v) is 6.23. The van der Waals surface area contributed by atoms with Gasteiger partial charge >= 0.3 is 0 Å². The number of benzene rings is 1. The van der Waals surface area contributed by atoms with Crippen LogP contribution in [0.3, 0.4) is 0 Å². The van der Waals surface area contributed by atoms with Gasteiger partial charge in [0.05, 0.1) is 22.8 Å². The van der Waals surface area contributed by atoms with Crippen molar-refractivity contribution in [2.45, 2.75) is 26.7 Å². The van der Waals surface area contributed by atoms with Crippen LogP contribution in [-0.4, -0.2) is 39.2 Å². The lowest BCUT2D eigenvalue weighted by Gasteiger charge is -2.18. The Hall–Kier alpha value is -3.37. The van der Waals surface area contributed by atoms with E-state index in [4.69, 9.17) is 9.47 Å². The Morgan fingerprint density at radius 2 is 2.00 bits per heavy atom. The van der Waals surface area contributed by atoms with Crippen LogP contribution in [0.25, 0.3) is 11.3 Å². The number of hydrogen-bond acceptors (Lipinski definition) is 7. The number of ether oxygens (including phenoxy) is 2. The fourth-order valence-electron chi connectivity index (χ4n) is 2.84. The quantitative estimate of drug-likeness (QED) is 0.301. The third-order valence-corrected chi connectivity index (χ3v) is 4.19. The minimum absolute atomic E-state index is 0.0348. The molecule has 0 unspecified atom stereocenters. The van der Waals surface area contributed by atoms with Crippen molar-refractivity contribution in [1.29, 1.82) is 0 Å². The van der Waals surface area contributed by atoms with E-state index in [-0.39, 0.29) is 17.9 Å². The highest BCUT2D eigenvalue weighted by molar-refractivity contribution is 5.67. The summed E-state index contributed by atoms with van der Waals surface area (Å²) in [7, 11) is 0. The van der Waals surface area contributed by atoms with Crippen LogP contribution in [0.2, 0.25) is 0 Å². The predicted molar refractivity (Wildman–Crippen MR) is 109 cm³/mol. The molecule has 158 valence electrons. The fraction of sp³-hybridized carbons (Fsp3) is 0.300. The average molecular weight is 415 g/mol. The van der Waals surface area contributed by atoms with E-state index < -0.39 is 17.0 Å². The Morgan fingerprint density at radius 1 is 1.23 bits per heavy atom. The highest BCUT2D eigenvalue weighted by Crippen LogP contribution is 2.28. The van der Waals surface area contributed by atoms with Gasteiger partial charge in [-0.15, -0.1) is 0 Å². The van der Waals surface area contributed by atoms with E-state index in [1.165, 1.54) is 0 Å². The van der Waals surface area contributed by atoms with Gasteiger partial charge in [-0.25, -0.2) is 9.07 Å². The molecule has 0 aliphatic heterocycles. The molecule has 3 aromatic rings. The molecule has 30 heavy (non-hydrogen) atoms. The Balaban J connectivity index is 1.98. The maximum absolute atomic E-state index is 14.3. The van der Waals surface area contributed by atoms with Gasteiger partial charge in [-0.1, -0.05) is 0 Å². The number of nitrogens with one attached hydrogen (secondary N) is 1. The molecule has 2 aromatic heterocycles. The van der Waals surface area contributed by atoms with Crippen molar-refractivity contribution < 1.29 is 18.8 Å². The molecular weight excluding hydrogens is 393 g/mol. The van der Waals surface area contributed by atoms with Crippen molar-refractivity contribution in [3.8, 4) is 11.3 Å². The number of non-ortho nitro benzene ring substituents is 1. The first-order chi connectivity index (χ1) is 14.5. The van der Waals surface area contributed by atoms with Gasteiger partial charge in [-0.3, -0.25) is 15.1 Å². The Bertz CT molecular complexity index is 990. The molecule has 0 bridgehead atoms. The van der Waals surface area contributed by atoms with Crippen molar-refractivity contribution in [2.24, 2.45) is 0 Å².